The topological polar surface area (TPSA) is 173 Å². The second-order valence-corrected chi connectivity index (χ2v) is 21.4. The van der Waals surface area contributed by atoms with E-state index in [4.69, 9.17) is 53.2 Å². The van der Waals surface area contributed by atoms with E-state index >= 15 is 0 Å². The van der Waals surface area contributed by atoms with E-state index in [0.717, 1.165) is 101 Å². The highest BCUT2D eigenvalue weighted by Crippen LogP contribution is 2.49. The molecule has 69 heavy (non-hydrogen) atoms. The van der Waals surface area contributed by atoms with Crippen LogP contribution in [0.3, 0.4) is 0 Å². The Hall–Kier alpha value is -5.28. The first kappa shape index (κ1) is 43.7. The van der Waals surface area contributed by atoms with Gasteiger partial charge in [0, 0.05) is 87.6 Å². The van der Waals surface area contributed by atoms with Gasteiger partial charge in [-0.1, -0.05) is 13.0 Å². The number of aromatic nitrogens is 8. The Labute approximate surface area is 401 Å². The van der Waals surface area contributed by atoms with Gasteiger partial charge in [-0.25, -0.2) is 15.0 Å². The highest BCUT2D eigenvalue weighted by Gasteiger charge is 2.50. The van der Waals surface area contributed by atoms with Gasteiger partial charge in [0.25, 0.3) is 5.69 Å². The van der Waals surface area contributed by atoms with Crippen molar-refractivity contribution in [2.45, 2.75) is 89.5 Å². The van der Waals surface area contributed by atoms with E-state index in [2.05, 4.69) is 49.5 Å². The van der Waals surface area contributed by atoms with Crippen LogP contribution in [0.4, 0.5) is 11.4 Å². The fourth-order valence-electron chi connectivity index (χ4n) is 10.2. The third-order valence-corrected chi connectivity index (χ3v) is 15.1. The van der Waals surface area contributed by atoms with Crippen molar-refractivity contribution in [3.63, 3.8) is 0 Å². The van der Waals surface area contributed by atoms with Gasteiger partial charge in [0.1, 0.15) is 23.2 Å². The first-order chi connectivity index (χ1) is 33.7. The Morgan fingerprint density at radius 3 is 2.17 bits per heavy atom. The van der Waals surface area contributed by atoms with Crippen LogP contribution in [0, 0.1) is 16.2 Å². The maximum atomic E-state index is 9.93. The zero-order chi connectivity index (χ0) is 46.2. The largest absolute Gasteiger partial charge is 0.488 e. The summed E-state index contributed by atoms with van der Waals surface area (Å²) in [6, 6.07) is 10.2. The van der Waals surface area contributed by atoms with Crippen molar-refractivity contribution in [2.24, 2.45) is 16.2 Å². The van der Waals surface area contributed by atoms with Crippen LogP contribution in [0.5, 0.6) is 11.5 Å². The lowest BCUT2D eigenvalue weighted by Gasteiger charge is -2.48. The number of hydrogen-bond acceptors (Lipinski definition) is 16. The van der Waals surface area contributed by atoms with E-state index in [-0.39, 0.29) is 47.4 Å². The molecule has 10 heterocycles. The molecule has 5 aromatic rings. The Balaban J connectivity index is 0.775. The molecule has 3 saturated carbocycles. The van der Waals surface area contributed by atoms with E-state index in [1.807, 2.05) is 58.8 Å². The summed E-state index contributed by atoms with van der Waals surface area (Å²) in [5, 5.41) is 15.2. The fourth-order valence-corrected chi connectivity index (χ4v) is 10.2. The van der Waals surface area contributed by atoms with E-state index in [1.165, 1.54) is 12.8 Å². The molecule has 5 aromatic heterocycles. The monoisotopic (exact) mass is 944 g/mol. The lowest BCUT2D eigenvalue weighted by molar-refractivity contribution is -0.791. The molecule has 1 N–H and O–H groups in total. The Kier molecular flexibility index (Phi) is 11.1. The van der Waals surface area contributed by atoms with Crippen molar-refractivity contribution >= 4 is 11.4 Å². The summed E-state index contributed by atoms with van der Waals surface area (Å²) in [7, 11) is 0. The van der Waals surface area contributed by atoms with Gasteiger partial charge >= 0.3 is 0 Å². The molecule has 0 amide bonds. The molecule has 5 saturated heterocycles. The van der Waals surface area contributed by atoms with Gasteiger partial charge in [-0.2, -0.15) is 4.68 Å². The van der Waals surface area contributed by atoms with Gasteiger partial charge in [-0.05, 0) is 42.6 Å². The number of rotatable bonds is 16. The molecule has 364 valence electrons. The number of hydrogen-bond donors (Lipinski definition) is 1. The number of anilines is 2. The molecule has 0 radical (unpaired) electrons. The molecule has 3 aliphatic carbocycles. The molecule has 8 fully saturated rings. The summed E-state index contributed by atoms with van der Waals surface area (Å²) in [5.41, 5.74) is 5.90. The highest BCUT2D eigenvalue weighted by molar-refractivity contribution is 5.67. The van der Waals surface area contributed by atoms with E-state index < -0.39 is 6.29 Å². The summed E-state index contributed by atoms with van der Waals surface area (Å²) < 4.78 is 48.2. The Morgan fingerprint density at radius 2 is 1.49 bits per heavy atom. The minimum atomic E-state index is -0.460. The molecule has 19 heteroatoms. The molecular weight excluding hydrogens is 883 g/mol. The van der Waals surface area contributed by atoms with Gasteiger partial charge < -0.3 is 52.6 Å². The number of imidazole rings is 1. The maximum Gasteiger partial charge on any atom is 0.270 e. The lowest BCUT2D eigenvalue weighted by atomic mass is 9.82. The first-order valence-electron chi connectivity index (χ1n) is 24.9. The number of aliphatic hydroxyl groups excluding tert-OH is 1. The second-order valence-electron chi connectivity index (χ2n) is 21.4. The molecule has 19 nitrogen and oxygen atoms in total. The zero-order valence-corrected chi connectivity index (χ0v) is 39.3. The summed E-state index contributed by atoms with van der Waals surface area (Å²) in [6.45, 7) is 13.1. The highest BCUT2D eigenvalue weighted by atomic mass is 16.7. The van der Waals surface area contributed by atoms with Crippen molar-refractivity contribution in [3.05, 3.63) is 73.3 Å². The van der Waals surface area contributed by atoms with Crippen LogP contribution in [-0.2, 0) is 43.3 Å². The van der Waals surface area contributed by atoms with Crippen molar-refractivity contribution in [1.82, 2.24) is 39.3 Å². The van der Waals surface area contributed by atoms with E-state index in [9.17, 15) is 5.11 Å². The minimum absolute atomic E-state index is 0.0615. The molecule has 13 rings (SSSR count). The average molecular weight is 945 g/mol. The molecule has 8 aliphatic rings. The van der Waals surface area contributed by atoms with Crippen LogP contribution in [-0.4, -0.2) is 155 Å². The van der Waals surface area contributed by atoms with Crippen molar-refractivity contribution in [1.29, 1.82) is 0 Å². The zero-order valence-electron chi connectivity index (χ0n) is 39.3. The van der Waals surface area contributed by atoms with Crippen LogP contribution in [0.25, 0.3) is 22.8 Å². The molecule has 2 atom stereocenters. The van der Waals surface area contributed by atoms with Crippen molar-refractivity contribution in [2.75, 3.05) is 95.3 Å². The molecule has 0 bridgehead atoms. The third kappa shape index (κ3) is 9.18. The minimum Gasteiger partial charge on any atom is -0.488 e. The summed E-state index contributed by atoms with van der Waals surface area (Å²) >= 11 is 0. The summed E-state index contributed by atoms with van der Waals surface area (Å²) in [6.07, 6.45) is 15.9. The van der Waals surface area contributed by atoms with Gasteiger partial charge in [0.15, 0.2) is 42.8 Å². The number of ether oxygens (including phenoxy) is 7. The third-order valence-electron chi connectivity index (χ3n) is 15.1. The Bertz CT molecular complexity index is 2620. The quantitative estimate of drug-likeness (QED) is 0.142. The van der Waals surface area contributed by atoms with Crippen LogP contribution >= 0.6 is 0 Å². The van der Waals surface area contributed by atoms with E-state index in [1.54, 1.807) is 0 Å². The first-order valence-corrected chi connectivity index (χ1v) is 24.9. The SMILES string of the molecule is CC1(CO)CN(c2cnc(-c3c[n+](CC4OCC5(COC5)CO4)n(C4CC4Oc4cc(N5CCN(Cc6ccccn6)CC5)cnc4-c4cn(CC5OCC6(CC6)CO5)cn4)n3)c(OC3CC3)c2)C1. The summed E-state index contributed by atoms with van der Waals surface area (Å²) in [5.74, 6) is 1.39. The number of nitrogens with zero attached hydrogens (tertiary/aromatic N) is 11. The van der Waals surface area contributed by atoms with Crippen molar-refractivity contribution < 1.29 is 42.9 Å². The molecule has 5 aliphatic heterocycles. The van der Waals surface area contributed by atoms with Gasteiger partial charge in [-0.15, -0.1) is 0 Å². The number of aliphatic hydroxyl groups is 1. The Morgan fingerprint density at radius 1 is 0.783 bits per heavy atom. The lowest BCUT2D eigenvalue weighted by Crippen LogP contribution is -2.57. The molecular formula is C50H62N11O8+. The summed E-state index contributed by atoms with van der Waals surface area (Å²) in [4.78, 5) is 28.6. The van der Waals surface area contributed by atoms with Gasteiger partial charge in [-0.3, -0.25) is 9.88 Å². The van der Waals surface area contributed by atoms with Crippen LogP contribution in [0.1, 0.15) is 50.8 Å². The maximum absolute atomic E-state index is 9.93. The predicted octanol–water partition coefficient (Wildman–Crippen LogP) is 3.50. The number of piperazine rings is 1. The van der Waals surface area contributed by atoms with Crippen LogP contribution < -0.4 is 24.0 Å². The van der Waals surface area contributed by atoms with Crippen molar-refractivity contribution in [3.8, 4) is 34.3 Å². The van der Waals surface area contributed by atoms with Crippen LogP contribution in [0.2, 0.25) is 0 Å². The predicted molar refractivity (Wildman–Crippen MR) is 248 cm³/mol. The molecule has 2 unspecified atom stereocenters. The van der Waals surface area contributed by atoms with Gasteiger partial charge in [0.2, 0.25) is 0 Å². The molecule has 0 aromatic carbocycles. The fraction of sp³-hybridized carbons (Fsp3) is 0.600. The van der Waals surface area contributed by atoms with Crippen LogP contribution in [0.15, 0.2) is 67.6 Å². The number of pyridine rings is 3. The average Bonchev–Trinajstić information content (AvgIpc) is 4.33. The van der Waals surface area contributed by atoms with E-state index in [0.29, 0.717) is 68.1 Å². The molecule has 2 spiro atoms. The second kappa shape index (κ2) is 17.5. The smallest absolute Gasteiger partial charge is 0.270 e. The normalized spacial score (nSPS) is 25.9. The standard InChI is InChI=1S/C50H62N11O8/c1-48(26-62)24-59(25-48)36-15-42(68-37-5-6-37)47(53-18-36)39-21-60(23-45-66-31-50(32-67-45)27-63-28-50)61(55-39)40-16-41(40)69-43-14-35(58-12-10-56(11-13-58)19-34-4-2-3-9-51-34)17-52-46(43)38-20-57(33-54-38)22-44-64-29-49(7-8-49)30-65-44/h2-4,9,14-15,17-18,20-21,33,37,40-41,44-45,62H,5-8,10-13,16,19,22-32H2,1H3/q+1. The van der Waals surface area contributed by atoms with Gasteiger partial charge in [0.05, 0.1) is 105 Å².